The van der Waals surface area contributed by atoms with Crippen molar-refractivity contribution in [3.63, 3.8) is 0 Å². The minimum atomic E-state index is -1.41. The molecule has 3 atom stereocenters. The topological polar surface area (TPSA) is 274 Å². The molecule has 0 radical (unpaired) electrons. The van der Waals surface area contributed by atoms with Gasteiger partial charge in [0.1, 0.15) is 12.1 Å². The normalized spacial score (nSPS) is 13.2. The molecule has 11 N–H and O–H groups in total. The van der Waals surface area contributed by atoms with E-state index in [9.17, 15) is 33.6 Å². The van der Waals surface area contributed by atoms with Crippen molar-refractivity contribution >= 4 is 41.5 Å². The molecule has 0 fully saturated rings. The number of rotatable bonds is 16. The Kier molecular flexibility index (Phi) is 12.6. The van der Waals surface area contributed by atoms with Crippen molar-refractivity contribution in [1.82, 2.24) is 16.0 Å². The molecule has 0 aromatic carbocycles. The first-order valence-electron chi connectivity index (χ1n) is 9.47. The van der Waals surface area contributed by atoms with Crippen molar-refractivity contribution in [3.8, 4) is 0 Å². The lowest BCUT2D eigenvalue weighted by Crippen LogP contribution is -2.53. The summed E-state index contributed by atoms with van der Waals surface area (Å²) in [5.41, 5.74) is 15.6. The molecular weight excluding hydrogens is 432 g/mol. The van der Waals surface area contributed by atoms with Crippen LogP contribution in [-0.2, 0) is 33.6 Å². The minimum Gasteiger partial charge on any atom is -0.481 e. The van der Waals surface area contributed by atoms with Crippen molar-refractivity contribution in [1.29, 1.82) is 0 Å². The molecule has 0 heterocycles. The molecule has 0 aromatic rings. The van der Waals surface area contributed by atoms with Crippen LogP contribution in [0.15, 0.2) is 0 Å². The van der Waals surface area contributed by atoms with E-state index in [4.69, 9.17) is 27.4 Å². The van der Waals surface area contributed by atoms with Gasteiger partial charge in [-0.05, 0) is 19.3 Å². The van der Waals surface area contributed by atoms with Crippen LogP contribution in [0.4, 0.5) is 0 Å². The van der Waals surface area contributed by atoms with Gasteiger partial charge in [-0.15, -0.1) is 0 Å². The van der Waals surface area contributed by atoms with E-state index in [1.807, 2.05) is 0 Å². The summed E-state index contributed by atoms with van der Waals surface area (Å²) >= 11 is 0. The second kappa shape index (κ2) is 14.3. The lowest BCUT2D eigenvalue weighted by atomic mass is 10.1. The molecule has 32 heavy (non-hydrogen) atoms. The Bertz CT molecular complexity index is 742. The van der Waals surface area contributed by atoms with Gasteiger partial charge in [-0.1, -0.05) is 0 Å². The van der Waals surface area contributed by atoms with Crippen molar-refractivity contribution in [2.24, 2.45) is 17.2 Å². The van der Waals surface area contributed by atoms with Gasteiger partial charge >= 0.3 is 11.9 Å². The van der Waals surface area contributed by atoms with Crippen LogP contribution in [0.25, 0.3) is 0 Å². The molecule has 0 aliphatic heterocycles. The average Bonchev–Trinajstić information content (AvgIpc) is 2.69. The quantitative estimate of drug-likeness (QED) is 0.110. The Hall–Kier alpha value is -3.75. The van der Waals surface area contributed by atoms with Crippen LogP contribution in [0, 0.1) is 0 Å². The maximum atomic E-state index is 12.3. The van der Waals surface area contributed by atoms with Gasteiger partial charge in [-0.3, -0.25) is 28.8 Å². The third kappa shape index (κ3) is 12.7. The predicted octanol–water partition coefficient (Wildman–Crippen LogP) is -4.12. The Morgan fingerprint density at radius 2 is 1.25 bits per heavy atom. The summed E-state index contributed by atoms with van der Waals surface area (Å²) in [7, 11) is 0. The van der Waals surface area contributed by atoms with Crippen LogP contribution in [0.3, 0.4) is 0 Å². The molecule has 3 unspecified atom stereocenters. The summed E-state index contributed by atoms with van der Waals surface area (Å²) in [6.45, 7) is -0.673. The summed E-state index contributed by atoms with van der Waals surface area (Å²) in [6, 6.07) is -3.96. The number of carboxylic acid groups (broad SMARTS) is 2. The molecular formula is C17H28N6O9. The SMILES string of the molecule is NC(=O)CCC(NC(=O)CNC(=O)C(CCC(N)=O)NC(=O)C(N)CCC(=O)O)C(=O)O. The van der Waals surface area contributed by atoms with Gasteiger partial charge in [-0.2, -0.15) is 0 Å². The number of aliphatic carboxylic acids is 2. The lowest BCUT2D eigenvalue weighted by molar-refractivity contribution is -0.142. The highest BCUT2D eigenvalue weighted by Gasteiger charge is 2.26. The molecule has 0 aliphatic carbocycles. The number of nitrogens with two attached hydrogens (primary N) is 3. The van der Waals surface area contributed by atoms with Crippen LogP contribution < -0.4 is 33.2 Å². The lowest BCUT2D eigenvalue weighted by Gasteiger charge is -2.20. The molecule has 180 valence electrons. The van der Waals surface area contributed by atoms with E-state index in [-0.39, 0.29) is 38.5 Å². The summed E-state index contributed by atoms with van der Waals surface area (Å²) in [6.07, 6.45) is -1.63. The van der Waals surface area contributed by atoms with Crippen molar-refractivity contribution in [2.75, 3.05) is 6.54 Å². The van der Waals surface area contributed by atoms with E-state index in [1.165, 1.54) is 0 Å². The van der Waals surface area contributed by atoms with Gasteiger partial charge in [-0.25, -0.2) is 4.79 Å². The van der Waals surface area contributed by atoms with Crippen LogP contribution in [0.1, 0.15) is 38.5 Å². The highest BCUT2D eigenvalue weighted by Crippen LogP contribution is 2.01. The summed E-state index contributed by atoms with van der Waals surface area (Å²) < 4.78 is 0. The van der Waals surface area contributed by atoms with Crippen molar-refractivity contribution in [2.45, 2.75) is 56.7 Å². The predicted molar refractivity (Wildman–Crippen MR) is 106 cm³/mol. The van der Waals surface area contributed by atoms with E-state index in [0.717, 1.165) is 0 Å². The fraction of sp³-hybridized carbons (Fsp3) is 0.588. The first-order chi connectivity index (χ1) is 14.8. The standard InChI is InChI=1S/C17H28N6O9/c18-8(1-6-14(27)28)15(29)23-9(2-4-11(19)24)16(30)21-7-13(26)22-10(17(31)32)3-5-12(20)25/h8-10H,1-7,18H2,(H2,19,24)(H2,20,25)(H,21,30)(H,22,26)(H,23,29)(H,27,28)(H,31,32). The first kappa shape index (κ1) is 28.2. The molecule has 0 aliphatic rings. The summed E-state index contributed by atoms with van der Waals surface area (Å²) in [4.78, 5) is 79.9. The second-order valence-electron chi connectivity index (χ2n) is 6.79. The monoisotopic (exact) mass is 460 g/mol. The number of nitrogens with one attached hydrogen (secondary N) is 3. The summed E-state index contributed by atoms with van der Waals surface area (Å²) in [5.74, 6) is -6.72. The van der Waals surface area contributed by atoms with Gasteiger partial charge in [0.05, 0.1) is 12.6 Å². The fourth-order valence-corrected chi connectivity index (χ4v) is 2.32. The van der Waals surface area contributed by atoms with E-state index < -0.39 is 66.1 Å². The maximum absolute atomic E-state index is 12.3. The van der Waals surface area contributed by atoms with Crippen molar-refractivity contribution in [3.05, 3.63) is 0 Å². The number of hydrogen-bond acceptors (Lipinski definition) is 8. The highest BCUT2D eigenvalue weighted by atomic mass is 16.4. The Morgan fingerprint density at radius 1 is 0.719 bits per heavy atom. The van der Waals surface area contributed by atoms with Gasteiger partial charge in [0, 0.05) is 19.3 Å². The molecule has 5 amide bonds. The zero-order chi connectivity index (χ0) is 24.8. The minimum absolute atomic E-state index is 0.199. The molecule has 0 saturated heterocycles. The van der Waals surface area contributed by atoms with E-state index in [0.29, 0.717) is 0 Å². The molecule has 15 heteroatoms. The number of carboxylic acids is 2. The number of carbonyl (C=O) groups excluding carboxylic acids is 5. The van der Waals surface area contributed by atoms with Crippen LogP contribution in [0.5, 0.6) is 0 Å². The fourth-order valence-electron chi connectivity index (χ4n) is 2.32. The highest BCUT2D eigenvalue weighted by molar-refractivity contribution is 5.93. The number of hydrogen-bond donors (Lipinski definition) is 8. The zero-order valence-electron chi connectivity index (χ0n) is 17.2. The third-order valence-electron chi connectivity index (χ3n) is 4.05. The molecule has 0 spiro atoms. The van der Waals surface area contributed by atoms with Crippen LogP contribution >= 0.6 is 0 Å². The largest absolute Gasteiger partial charge is 0.481 e. The average molecular weight is 460 g/mol. The van der Waals surface area contributed by atoms with Crippen LogP contribution in [-0.4, -0.2) is 76.4 Å². The van der Waals surface area contributed by atoms with E-state index >= 15 is 0 Å². The van der Waals surface area contributed by atoms with Crippen LogP contribution in [0.2, 0.25) is 0 Å². The molecule has 0 aromatic heterocycles. The smallest absolute Gasteiger partial charge is 0.326 e. The third-order valence-corrected chi connectivity index (χ3v) is 4.05. The second-order valence-corrected chi connectivity index (χ2v) is 6.79. The number of primary amides is 2. The number of amides is 5. The van der Waals surface area contributed by atoms with Crippen molar-refractivity contribution < 1.29 is 43.8 Å². The summed E-state index contributed by atoms with van der Waals surface area (Å²) in [5, 5.41) is 24.2. The number of carbonyl (C=O) groups is 7. The van der Waals surface area contributed by atoms with Gasteiger partial charge in [0.2, 0.25) is 29.5 Å². The Morgan fingerprint density at radius 3 is 1.72 bits per heavy atom. The zero-order valence-corrected chi connectivity index (χ0v) is 17.2. The molecule has 0 bridgehead atoms. The van der Waals surface area contributed by atoms with E-state index in [1.54, 1.807) is 0 Å². The van der Waals surface area contributed by atoms with E-state index in [2.05, 4.69) is 16.0 Å². The molecule has 15 nitrogen and oxygen atoms in total. The Labute approximate surface area is 182 Å². The Balaban J connectivity index is 4.91. The first-order valence-corrected chi connectivity index (χ1v) is 9.47. The maximum Gasteiger partial charge on any atom is 0.326 e. The molecule has 0 rings (SSSR count). The molecule has 0 saturated carbocycles. The van der Waals surface area contributed by atoms with Gasteiger partial charge in [0.25, 0.3) is 0 Å². The van der Waals surface area contributed by atoms with Gasteiger partial charge in [0.15, 0.2) is 0 Å². The van der Waals surface area contributed by atoms with Gasteiger partial charge < -0.3 is 43.4 Å².